The van der Waals surface area contributed by atoms with Crippen LogP contribution in [0.25, 0.3) is 0 Å². The summed E-state index contributed by atoms with van der Waals surface area (Å²) in [6, 6.07) is 7.46. The third-order valence-electron chi connectivity index (χ3n) is 5.23. The molecule has 1 aromatic carbocycles. The molecule has 3 rings (SSSR count). The first-order valence-corrected chi connectivity index (χ1v) is 10.5. The van der Waals surface area contributed by atoms with Crippen molar-refractivity contribution in [2.45, 2.75) is 72.4 Å². The Bertz CT molecular complexity index is 672. The summed E-state index contributed by atoms with van der Waals surface area (Å²) < 4.78 is 16.5. The van der Waals surface area contributed by atoms with Crippen LogP contribution in [0.1, 0.15) is 5.56 Å². The Morgan fingerprint density at radius 3 is 2.03 bits per heavy atom. The van der Waals surface area contributed by atoms with Crippen LogP contribution in [0.5, 0.6) is 0 Å². The summed E-state index contributed by atoms with van der Waals surface area (Å²) >= 11 is 1.17. The lowest BCUT2D eigenvalue weighted by molar-refractivity contribution is -0.338. The molecule has 7 N–H and O–H groups in total. The Kier molecular flexibility index (Phi) is 8.09. The fourth-order valence-electron chi connectivity index (χ4n) is 3.40. The van der Waals surface area contributed by atoms with Gasteiger partial charge in [0.15, 0.2) is 6.29 Å². The van der Waals surface area contributed by atoms with E-state index in [-0.39, 0.29) is 0 Å². The zero-order valence-corrected chi connectivity index (χ0v) is 17.1. The minimum absolute atomic E-state index is 0.559. The summed E-state index contributed by atoms with van der Waals surface area (Å²) in [6.07, 6.45) is -12.9. The molecule has 0 amide bonds. The maximum Gasteiger partial charge on any atom is 0.187 e. The molecule has 2 aliphatic rings. The Balaban J connectivity index is 1.71. The highest BCUT2D eigenvalue weighted by molar-refractivity contribution is 7.99. The number of aryl methyl sites for hydroxylation is 1. The summed E-state index contributed by atoms with van der Waals surface area (Å²) in [5.74, 6) is 0. The van der Waals surface area contributed by atoms with Gasteiger partial charge in [0.25, 0.3) is 0 Å². The van der Waals surface area contributed by atoms with E-state index in [2.05, 4.69) is 0 Å². The van der Waals surface area contributed by atoms with Gasteiger partial charge >= 0.3 is 0 Å². The van der Waals surface area contributed by atoms with Gasteiger partial charge in [-0.1, -0.05) is 29.5 Å². The maximum absolute atomic E-state index is 10.6. The Morgan fingerprint density at radius 2 is 1.43 bits per heavy atom. The van der Waals surface area contributed by atoms with Crippen molar-refractivity contribution in [3.63, 3.8) is 0 Å². The van der Waals surface area contributed by atoms with E-state index in [1.54, 1.807) is 0 Å². The van der Waals surface area contributed by atoms with Crippen molar-refractivity contribution in [3.05, 3.63) is 29.8 Å². The average molecular weight is 448 g/mol. The topological polar surface area (TPSA) is 169 Å². The van der Waals surface area contributed by atoms with E-state index >= 15 is 0 Å². The molecule has 10 nitrogen and oxygen atoms in total. The third kappa shape index (κ3) is 4.97. The van der Waals surface area contributed by atoms with Gasteiger partial charge in [-0.15, -0.1) is 0 Å². The molecule has 0 aromatic heterocycles. The molecule has 11 heteroatoms. The second-order valence-corrected chi connectivity index (χ2v) is 8.61. The molecule has 170 valence electrons. The van der Waals surface area contributed by atoms with Crippen molar-refractivity contribution < 1.29 is 50.0 Å². The number of thioether (sulfide) groups is 1. The first-order valence-electron chi connectivity index (χ1n) is 9.58. The van der Waals surface area contributed by atoms with Crippen molar-refractivity contribution in [1.82, 2.24) is 0 Å². The molecule has 2 heterocycles. The number of aliphatic hydroxyl groups is 7. The Hall–Kier alpha value is -0.830. The van der Waals surface area contributed by atoms with Crippen molar-refractivity contribution in [2.24, 2.45) is 0 Å². The molecule has 2 saturated heterocycles. The van der Waals surface area contributed by atoms with Crippen LogP contribution in [0, 0.1) is 6.92 Å². The third-order valence-corrected chi connectivity index (χ3v) is 6.40. The van der Waals surface area contributed by atoms with Gasteiger partial charge in [0.2, 0.25) is 0 Å². The van der Waals surface area contributed by atoms with E-state index < -0.39 is 73.8 Å². The van der Waals surface area contributed by atoms with Crippen LogP contribution < -0.4 is 0 Å². The molecule has 0 radical (unpaired) electrons. The molecule has 0 spiro atoms. The summed E-state index contributed by atoms with van der Waals surface area (Å²) in [7, 11) is 0. The largest absolute Gasteiger partial charge is 0.394 e. The number of hydrogen-bond acceptors (Lipinski definition) is 11. The smallest absolute Gasteiger partial charge is 0.187 e. The zero-order valence-electron chi connectivity index (χ0n) is 16.3. The first-order chi connectivity index (χ1) is 14.3. The van der Waals surface area contributed by atoms with Crippen LogP contribution in [0.4, 0.5) is 0 Å². The van der Waals surface area contributed by atoms with Crippen molar-refractivity contribution in [1.29, 1.82) is 0 Å². The van der Waals surface area contributed by atoms with Gasteiger partial charge in [0.05, 0.1) is 13.2 Å². The van der Waals surface area contributed by atoms with E-state index in [0.717, 1.165) is 10.5 Å². The van der Waals surface area contributed by atoms with Crippen molar-refractivity contribution >= 4 is 11.8 Å². The fourth-order valence-corrected chi connectivity index (χ4v) is 4.46. The lowest BCUT2D eigenvalue weighted by Gasteiger charge is -2.46. The summed E-state index contributed by atoms with van der Waals surface area (Å²) in [6.45, 7) is 0.736. The zero-order chi connectivity index (χ0) is 22.0. The maximum atomic E-state index is 10.6. The predicted molar refractivity (Wildman–Crippen MR) is 103 cm³/mol. The number of hydrogen-bond donors (Lipinski definition) is 7. The van der Waals surface area contributed by atoms with Crippen molar-refractivity contribution in [3.8, 4) is 0 Å². The molecule has 10 atom stereocenters. The fraction of sp³-hybridized carbons (Fsp3) is 0.684. The van der Waals surface area contributed by atoms with E-state index in [9.17, 15) is 35.7 Å². The highest BCUT2D eigenvalue weighted by atomic mass is 32.2. The minimum atomic E-state index is -1.69. The summed E-state index contributed by atoms with van der Waals surface area (Å²) in [5.41, 5.74) is 0.167. The molecular weight excluding hydrogens is 420 g/mol. The van der Waals surface area contributed by atoms with E-state index in [4.69, 9.17) is 14.2 Å². The number of ether oxygens (including phenoxy) is 3. The molecule has 0 saturated carbocycles. The van der Waals surface area contributed by atoms with Crippen molar-refractivity contribution in [2.75, 3.05) is 13.2 Å². The van der Waals surface area contributed by atoms with E-state index in [0.29, 0.717) is 0 Å². The molecular formula is C19H28O10S. The Morgan fingerprint density at radius 1 is 0.800 bits per heavy atom. The van der Waals surface area contributed by atoms with E-state index in [1.807, 2.05) is 31.2 Å². The lowest BCUT2D eigenvalue weighted by Crippen LogP contribution is -2.64. The van der Waals surface area contributed by atoms with Gasteiger partial charge in [-0.3, -0.25) is 0 Å². The van der Waals surface area contributed by atoms with Crippen LogP contribution in [-0.2, 0) is 14.2 Å². The molecule has 2 aliphatic heterocycles. The van der Waals surface area contributed by atoms with Crippen LogP contribution >= 0.6 is 11.8 Å². The van der Waals surface area contributed by atoms with Gasteiger partial charge in [0, 0.05) is 4.90 Å². The van der Waals surface area contributed by atoms with Crippen LogP contribution in [-0.4, -0.2) is 110 Å². The van der Waals surface area contributed by atoms with Gasteiger partial charge in [-0.2, -0.15) is 0 Å². The summed E-state index contributed by atoms with van der Waals surface area (Å²) in [5, 5.41) is 70.1. The average Bonchev–Trinajstić information content (AvgIpc) is 2.74. The van der Waals surface area contributed by atoms with Crippen LogP contribution in [0.15, 0.2) is 29.2 Å². The van der Waals surface area contributed by atoms with Crippen LogP contribution in [0.2, 0.25) is 0 Å². The standard InChI is InChI=1S/C19H28O10S/c1-8-2-4-9(5-3-8)30-19-16(26)14(24)17(11(7-21)28-19)29-18-15(25)13(23)12(22)10(6-20)27-18/h2-5,10-26H,6-7H2,1H3/t10-,11-,12+,13+,14-,15-,16-,17-,18+,19+/m1/s1. The second kappa shape index (κ2) is 10.2. The molecule has 2 fully saturated rings. The predicted octanol–water partition coefficient (Wildman–Crippen LogP) is -2.29. The molecule has 1 aromatic rings. The SMILES string of the molecule is Cc1ccc(S[C@@H]2O[C@H](CO)[C@@H](O[C@@H]3O[C@H](CO)[C@H](O)[C@H](O)[C@H]3O)[C@H](O)[C@H]2O)cc1. The van der Waals surface area contributed by atoms with Gasteiger partial charge < -0.3 is 50.0 Å². The van der Waals surface area contributed by atoms with Crippen LogP contribution in [0.3, 0.4) is 0 Å². The molecule has 0 aliphatic carbocycles. The Labute approximate surface area is 177 Å². The number of benzene rings is 1. The first kappa shape index (κ1) is 23.8. The van der Waals surface area contributed by atoms with Gasteiger partial charge in [-0.05, 0) is 19.1 Å². The van der Waals surface area contributed by atoms with Gasteiger partial charge in [0.1, 0.15) is 54.3 Å². The normalized spacial score (nSPS) is 42.3. The number of aliphatic hydroxyl groups excluding tert-OH is 7. The quantitative estimate of drug-likeness (QED) is 0.250. The second-order valence-electron chi connectivity index (χ2n) is 7.44. The molecule has 30 heavy (non-hydrogen) atoms. The monoisotopic (exact) mass is 448 g/mol. The molecule has 0 unspecified atom stereocenters. The minimum Gasteiger partial charge on any atom is -0.394 e. The number of rotatable bonds is 6. The lowest BCUT2D eigenvalue weighted by atomic mass is 9.97. The molecule has 0 bridgehead atoms. The van der Waals surface area contributed by atoms with E-state index in [1.165, 1.54) is 11.8 Å². The highest BCUT2D eigenvalue weighted by Crippen LogP contribution is 2.35. The summed E-state index contributed by atoms with van der Waals surface area (Å²) in [4.78, 5) is 0.793. The van der Waals surface area contributed by atoms with Gasteiger partial charge in [-0.25, -0.2) is 0 Å². The highest BCUT2D eigenvalue weighted by Gasteiger charge is 2.50.